The van der Waals surface area contributed by atoms with Gasteiger partial charge in [-0.3, -0.25) is 9.89 Å². The fraction of sp³-hybridized carbons (Fsp3) is 0.167. The summed E-state index contributed by atoms with van der Waals surface area (Å²) < 4.78 is 0. The lowest BCUT2D eigenvalue weighted by Crippen LogP contribution is -2.20. The molecule has 2 aliphatic rings. The van der Waals surface area contributed by atoms with Crippen molar-refractivity contribution in [2.24, 2.45) is 4.99 Å². The van der Waals surface area contributed by atoms with Gasteiger partial charge >= 0.3 is 0 Å². The van der Waals surface area contributed by atoms with Crippen LogP contribution in [0.4, 0.5) is 5.69 Å². The molecule has 6 heteroatoms. The number of alkyl halides is 1. The number of fused-ring (bicyclic) bond motifs is 2. The Kier molecular flexibility index (Phi) is 3.58. The van der Waals surface area contributed by atoms with E-state index in [1.807, 2.05) is 43.4 Å². The fourth-order valence-electron chi connectivity index (χ4n) is 2.83. The summed E-state index contributed by atoms with van der Waals surface area (Å²) in [6.07, 6.45) is 7.36. The number of aromatic nitrogens is 2. The van der Waals surface area contributed by atoms with Crippen molar-refractivity contribution in [3.63, 3.8) is 0 Å². The Labute approximate surface area is 143 Å². The maximum Gasteiger partial charge on any atom is 0.275 e. The van der Waals surface area contributed by atoms with E-state index in [4.69, 9.17) is 11.6 Å². The Morgan fingerprint density at radius 2 is 2.25 bits per heavy atom. The highest BCUT2D eigenvalue weighted by Gasteiger charge is 2.20. The molecule has 0 saturated carbocycles. The zero-order valence-corrected chi connectivity index (χ0v) is 13.8. The Bertz CT molecular complexity index is 965. The summed E-state index contributed by atoms with van der Waals surface area (Å²) in [6.45, 7) is 2.39. The van der Waals surface area contributed by atoms with Gasteiger partial charge in [0, 0.05) is 28.9 Å². The summed E-state index contributed by atoms with van der Waals surface area (Å²) in [5.74, 6) is -0.219. The van der Waals surface area contributed by atoms with Crippen LogP contribution in [0.1, 0.15) is 5.69 Å². The molecule has 0 saturated heterocycles. The van der Waals surface area contributed by atoms with Gasteiger partial charge in [0.2, 0.25) is 0 Å². The van der Waals surface area contributed by atoms with E-state index in [2.05, 4.69) is 20.5 Å². The first-order valence-corrected chi connectivity index (χ1v) is 8.10. The smallest absolute Gasteiger partial charge is 0.275 e. The van der Waals surface area contributed by atoms with Crippen molar-refractivity contribution in [2.75, 3.05) is 11.9 Å². The van der Waals surface area contributed by atoms with Crippen molar-refractivity contribution in [3.05, 3.63) is 59.3 Å². The average molecular weight is 339 g/mol. The van der Waals surface area contributed by atoms with Crippen LogP contribution in [-0.4, -0.2) is 33.7 Å². The van der Waals surface area contributed by atoms with Gasteiger partial charge in [0.15, 0.2) is 0 Å². The third-order valence-corrected chi connectivity index (χ3v) is 4.40. The van der Waals surface area contributed by atoms with Crippen molar-refractivity contribution in [1.29, 1.82) is 0 Å². The lowest BCUT2D eigenvalue weighted by molar-refractivity contribution is -0.114. The van der Waals surface area contributed by atoms with Crippen LogP contribution >= 0.6 is 11.6 Å². The molecule has 1 amide bonds. The first-order chi connectivity index (χ1) is 11.6. The van der Waals surface area contributed by atoms with Crippen LogP contribution in [0.2, 0.25) is 0 Å². The minimum atomic E-state index is -0.219. The number of benzene rings is 1. The third-order valence-electron chi connectivity index (χ3n) is 4.13. The van der Waals surface area contributed by atoms with Gasteiger partial charge in [0.25, 0.3) is 5.91 Å². The number of hydrogen-bond acceptors (Lipinski definition) is 3. The summed E-state index contributed by atoms with van der Waals surface area (Å²) in [5, 5.41) is 11.4. The number of aliphatic imine (C=N–C) groups is 1. The van der Waals surface area contributed by atoms with E-state index in [1.54, 1.807) is 6.08 Å². The number of amides is 1. The predicted molar refractivity (Wildman–Crippen MR) is 96.7 cm³/mol. The van der Waals surface area contributed by atoms with Crippen LogP contribution < -0.4 is 5.32 Å². The van der Waals surface area contributed by atoms with Gasteiger partial charge < -0.3 is 5.32 Å². The molecule has 1 atom stereocenters. The second-order valence-electron chi connectivity index (χ2n) is 5.83. The first kappa shape index (κ1) is 14.9. The zero-order chi connectivity index (χ0) is 16.7. The van der Waals surface area contributed by atoms with Gasteiger partial charge in [-0.25, -0.2) is 4.99 Å². The molecule has 4 rings (SSSR count). The lowest BCUT2D eigenvalue weighted by Gasteiger charge is -2.17. The highest BCUT2D eigenvalue weighted by molar-refractivity contribution is 6.27. The van der Waals surface area contributed by atoms with Gasteiger partial charge in [-0.15, -0.1) is 11.6 Å². The van der Waals surface area contributed by atoms with Crippen molar-refractivity contribution in [3.8, 4) is 0 Å². The molecule has 2 N–H and O–H groups in total. The number of aromatic amines is 1. The molecule has 0 fully saturated rings. The number of hydrogen-bond donors (Lipinski definition) is 2. The molecule has 0 bridgehead atoms. The predicted octanol–water partition coefficient (Wildman–Crippen LogP) is 3.29. The molecule has 1 aliphatic carbocycles. The average Bonchev–Trinajstić information content (AvgIpc) is 2.94. The minimum Gasteiger partial charge on any atom is -0.381 e. The number of aryl methyl sites for hydroxylation is 1. The Hall–Kier alpha value is -2.66. The molecule has 0 radical (unpaired) electrons. The molecule has 1 aromatic heterocycles. The van der Waals surface area contributed by atoms with Crippen molar-refractivity contribution < 1.29 is 4.79 Å². The maximum atomic E-state index is 12.2. The van der Waals surface area contributed by atoms with Crippen molar-refractivity contribution >= 4 is 39.8 Å². The summed E-state index contributed by atoms with van der Waals surface area (Å²) in [7, 11) is 0. The summed E-state index contributed by atoms with van der Waals surface area (Å²) >= 11 is 6.09. The van der Waals surface area contributed by atoms with Crippen LogP contribution in [0, 0.1) is 6.92 Å². The van der Waals surface area contributed by atoms with Crippen LogP contribution in [0.25, 0.3) is 10.9 Å². The number of dihydropyridines is 1. The number of anilines is 1. The number of allylic oxidation sites excluding steroid dienone is 5. The molecule has 1 unspecified atom stereocenters. The molecular formula is C18H15ClN4O. The van der Waals surface area contributed by atoms with Crippen LogP contribution in [0.15, 0.2) is 58.6 Å². The highest BCUT2D eigenvalue weighted by atomic mass is 35.5. The van der Waals surface area contributed by atoms with Gasteiger partial charge in [-0.1, -0.05) is 12.2 Å². The van der Waals surface area contributed by atoms with Crippen LogP contribution in [0.5, 0.6) is 0 Å². The van der Waals surface area contributed by atoms with E-state index in [1.165, 1.54) is 0 Å². The quantitative estimate of drug-likeness (QED) is 0.844. The van der Waals surface area contributed by atoms with E-state index in [0.29, 0.717) is 17.8 Å². The lowest BCUT2D eigenvalue weighted by atomic mass is 9.97. The number of carbonyl (C=O) groups is 1. The summed E-state index contributed by atoms with van der Waals surface area (Å²) in [6, 6.07) is 5.94. The maximum absolute atomic E-state index is 12.2. The SMILES string of the molecule is Cc1[nH]nc2cc(NCC3=CC4=CC(Cl)C=CC4=NC3=O)ccc12. The Balaban J connectivity index is 1.53. The standard InChI is InChI=1S/C18H15ClN4O/c1-10-15-4-3-14(8-17(15)23-22-10)20-9-12-6-11-7-13(19)2-5-16(11)21-18(12)24/h2-8,13,20H,9H2,1H3,(H,22,23). The molecule has 5 nitrogen and oxygen atoms in total. The number of halogens is 1. The second kappa shape index (κ2) is 5.76. The normalized spacial score (nSPS) is 19.7. The van der Waals surface area contributed by atoms with E-state index in [9.17, 15) is 4.79 Å². The molecule has 1 aromatic carbocycles. The number of carbonyl (C=O) groups excluding carboxylic acids is 1. The molecule has 1 aliphatic heterocycles. The highest BCUT2D eigenvalue weighted by Crippen LogP contribution is 2.23. The van der Waals surface area contributed by atoms with Gasteiger partial charge in [0.05, 0.1) is 16.6 Å². The molecule has 0 spiro atoms. The monoisotopic (exact) mass is 338 g/mol. The van der Waals surface area contributed by atoms with E-state index in [0.717, 1.165) is 27.9 Å². The molecule has 24 heavy (non-hydrogen) atoms. The largest absolute Gasteiger partial charge is 0.381 e. The molecule has 120 valence electrons. The van der Waals surface area contributed by atoms with Crippen molar-refractivity contribution in [2.45, 2.75) is 12.3 Å². The minimum absolute atomic E-state index is 0.164. The van der Waals surface area contributed by atoms with Gasteiger partial charge in [-0.05, 0) is 42.8 Å². The van der Waals surface area contributed by atoms with Crippen LogP contribution in [-0.2, 0) is 4.79 Å². The first-order valence-electron chi connectivity index (χ1n) is 7.67. The van der Waals surface area contributed by atoms with Gasteiger partial charge in [0.1, 0.15) is 0 Å². The molecular weight excluding hydrogens is 324 g/mol. The number of nitrogens with zero attached hydrogens (tertiary/aromatic N) is 2. The second-order valence-corrected chi connectivity index (χ2v) is 6.34. The number of rotatable bonds is 3. The van der Waals surface area contributed by atoms with E-state index in [-0.39, 0.29) is 11.3 Å². The fourth-order valence-corrected chi connectivity index (χ4v) is 3.03. The molecule has 2 heterocycles. The number of nitrogens with one attached hydrogen (secondary N) is 2. The topological polar surface area (TPSA) is 70.1 Å². The summed E-state index contributed by atoms with van der Waals surface area (Å²) in [4.78, 5) is 16.3. The summed E-state index contributed by atoms with van der Waals surface area (Å²) in [5.41, 5.74) is 5.03. The van der Waals surface area contributed by atoms with Crippen LogP contribution in [0.3, 0.4) is 0 Å². The molecule has 2 aromatic rings. The zero-order valence-electron chi connectivity index (χ0n) is 13.0. The van der Waals surface area contributed by atoms with Gasteiger partial charge in [-0.2, -0.15) is 5.10 Å². The Morgan fingerprint density at radius 1 is 1.38 bits per heavy atom. The van der Waals surface area contributed by atoms with E-state index >= 15 is 0 Å². The van der Waals surface area contributed by atoms with E-state index < -0.39 is 0 Å². The number of H-pyrrole nitrogens is 1. The Morgan fingerprint density at radius 3 is 3.12 bits per heavy atom. The van der Waals surface area contributed by atoms with Crippen molar-refractivity contribution in [1.82, 2.24) is 10.2 Å². The third kappa shape index (κ3) is 2.67.